The molecule has 7 heteroatoms. The topological polar surface area (TPSA) is 89.5 Å². The van der Waals surface area contributed by atoms with Gasteiger partial charge in [-0.05, 0) is 42.0 Å². The van der Waals surface area contributed by atoms with E-state index >= 15 is 0 Å². The second-order valence-electron chi connectivity index (χ2n) is 6.31. The third kappa shape index (κ3) is 4.90. The van der Waals surface area contributed by atoms with Gasteiger partial charge in [0.15, 0.2) is 0 Å². The van der Waals surface area contributed by atoms with Crippen molar-refractivity contribution >= 4 is 22.7 Å². The SMILES string of the molecule is O=C([O-])C(Cc1cccc2ccccc12)(CC1CCCO1)C(=O)[O-].[Na+].[Na+]. The van der Waals surface area contributed by atoms with E-state index in [0.717, 1.165) is 17.2 Å². The molecule has 0 N–H and O–H groups in total. The molecule has 0 aliphatic carbocycles. The first-order valence-electron chi connectivity index (χ1n) is 8.04. The van der Waals surface area contributed by atoms with Gasteiger partial charge >= 0.3 is 59.1 Å². The third-order valence-electron chi connectivity index (χ3n) is 4.75. The van der Waals surface area contributed by atoms with Crippen molar-refractivity contribution in [2.75, 3.05) is 6.61 Å². The molecular formula is C19H18Na2O5. The predicted molar refractivity (Wildman–Crippen MR) is 83.7 cm³/mol. The molecule has 5 nitrogen and oxygen atoms in total. The standard InChI is InChI=1S/C19H20O5.2Na/c20-17(21)19(18(22)23,12-15-8-4-10-24-15)11-14-7-3-6-13-5-1-2-9-16(13)14;;/h1-3,5-7,9,15H,4,8,10-12H2,(H,20,21)(H,22,23);;/q;2*+1/p-2. The molecule has 2 aromatic rings. The van der Waals surface area contributed by atoms with Crippen molar-refractivity contribution in [2.45, 2.75) is 31.8 Å². The summed E-state index contributed by atoms with van der Waals surface area (Å²) in [6.45, 7) is 0.523. The molecule has 0 saturated carbocycles. The van der Waals surface area contributed by atoms with Crippen LogP contribution in [0.15, 0.2) is 42.5 Å². The van der Waals surface area contributed by atoms with Crippen LogP contribution in [0.2, 0.25) is 0 Å². The first-order valence-corrected chi connectivity index (χ1v) is 8.04. The fraction of sp³-hybridized carbons (Fsp3) is 0.368. The zero-order valence-corrected chi connectivity index (χ0v) is 19.2. The van der Waals surface area contributed by atoms with E-state index < -0.39 is 23.5 Å². The third-order valence-corrected chi connectivity index (χ3v) is 4.75. The van der Waals surface area contributed by atoms with E-state index in [1.54, 1.807) is 12.1 Å². The minimum atomic E-state index is -2.10. The number of fused-ring (bicyclic) bond motifs is 1. The quantitative estimate of drug-likeness (QED) is 0.373. The van der Waals surface area contributed by atoms with Gasteiger partial charge in [-0.1, -0.05) is 42.5 Å². The molecule has 0 amide bonds. The first kappa shape index (κ1) is 23.6. The molecule has 1 aliphatic rings. The molecule has 1 fully saturated rings. The average Bonchev–Trinajstić information content (AvgIpc) is 3.07. The van der Waals surface area contributed by atoms with Crippen molar-refractivity contribution in [3.63, 3.8) is 0 Å². The van der Waals surface area contributed by atoms with Crippen LogP contribution >= 0.6 is 0 Å². The molecule has 1 unspecified atom stereocenters. The fourth-order valence-corrected chi connectivity index (χ4v) is 3.43. The molecule has 3 rings (SSSR count). The van der Waals surface area contributed by atoms with E-state index in [9.17, 15) is 19.8 Å². The number of hydrogen-bond donors (Lipinski definition) is 0. The Morgan fingerprint density at radius 1 is 1.04 bits per heavy atom. The molecular weight excluding hydrogens is 354 g/mol. The van der Waals surface area contributed by atoms with Gasteiger partial charge in [-0.2, -0.15) is 0 Å². The minimum absolute atomic E-state index is 0. The molecule has 0 bridgehead atoms. The van der Waals surface area contributed by atoms with Crippen molar-refractivity contribution in [2.24, 2.45) is 5.41 Å². The Kier molecular flexibility index (Phi) is 9.30. The molecule has 1 atom stereocenters. The van der Waals surface area contributed by atoms with Crippen molar-refractivity contribution in [3.8, 4) is 0 Å². The molecule has 0 radical (unpaired) electrons. The Labute approximate surface area is 196 Å². The smallest absolute Gasteiger partial charge is 0.549 e. The summed E-state index contributed by atoms with van der Waals surface area (Å²) in [6, 6.07) is 12.9. The summed E-state index contributed by atoms with van der Waals surface area (Å²) in [5.41, 5.74) is -1.45. The van der Waals surface area contributed by atoms with E-state index in [4.69, 9.17) is 4.74 Å². The predicted octanol–water partition coefficient (Wildman–Crippen LogP) is -5.55. The number of ether oxygens (including phenoxy) is 1. The van der Waals surface area contributed by atoms with Crippen LogP contribution in [0.1, 0.15) is 24.8 Å². The molecule has 1 heterocycles. The van der Waals surface area contributed by atoms with Crippen LogP contribution in [-0.4, -0.2) is 24.6 Å². The Hall–Kier alpha value is -0.400. The van der Waals surface area contributed by atoms with Gasteiger partial charge in [0.1, 0.15) is 0 Å². The van der Waals surface area contributed by atoms with E-state index in [-0.39, 0.29) is 72.0 Å². The van der Waals surface area contributed by atoms with Crippen molar-refractivity contribution in [1.29, 1.82) is 0 Å². The molecule has 1 saturated heterocycles. The van der Waals surface area contributed by atoms with Gasteiger partial charge in [0, 0.05) is 6.61 Å². The monoisotopic (exact) mass is 372 g/mol. The number of benzene rings is 2. The first-order chi connectivity index (χ1) is 11.5. The van der Waals surface area contributed by atoms with Gasteiger partial charge < -0.3 is 24.5 Å². The number of carbonyl (C=O) groups excluding carboxylic acids is 2. The van der Waals surface area contributed by atoms with E-state index in [2.05, 4.69) is 0 Å². The van der Waals surface area contributed by atoms with Gasteiger partial charge in [-0.15, -0.1) is 0 Å². The number of carboxylic acids is 2. The molecule has 1 aliphatic heterocycles. The molecule has 0 aromatic heterocycles. The van der Waals surface area contributed by atoms with E-state index in [0.29, 0.717) is 18.6 Å². The molecule has 0 spiro atoms. The van der Waals surface area contributed by atoms with Crippen LogP contribution in [0.4, 0.5) is 0 Å². The largest absolute Gasteiger partial charge is 1.00 e. The molecule has 2 aromatic carbocycles. The van der Waals surface area contributed by atoms with Gasteiger partial charge in [0.05, 0.1) is 23.5 Å². The molecule has 126 valence electrons. The summed E-state index contributed by atoms with van der Waals surface area (Å²) in [5.74, 6) is -3.24. The number of rotatable bonds is 6. The second-order valence-corrected chi connectivity index (χ2v) is 6.31. The number of carbonyl (C=O) groups is 2. The maximum Gasteiger partial charge on any atom is 1.00 e. The van der Waals surface area contributed by atoms with Crippen LogP contribution in [0.3, 0.4) is 0 Å². The zero-order valence-electron chi connectivity index (χ0n) is 15.2. The van der Waals surface area contributed by atoms with E-state index in [1.807, 2.05) is 30.3 Å². The van der Waals surface area contributed by atoms with Crippen LogP contribution in [0.25, 0.3) is 10.8 Å². The van der Waals surface area contributed by atoms with Crippen LogP contribution in [0, 0.1) is 5.41 Å². The summed E-state index contributed by atoms with van der Waals surface area (Å²) in [5, 5.41) is 25.4. The Bertz CT molecular complexity index is 752. The normalized spacial score (nSPS) is 16.5. The van der Waals surface area contributed by atoms with Gasteiger partial charge in [-0.25, -0.2) is 0 Å². The van der Waals surface area contributed by atoms with Crippen molar-refractivity contribution in [3.05, 3.63) is 48.0 Å². The summed E-state index contributed by atoms with van der Waals surface area (Å²) in [7, 11) is 0. The maximum absolute atomic E-state index is 11.8. The van der Waals surface area contributed by atoms with Crippen molar-refractivity contribution < 1.29 is 83.7 Å². The Balaban J connectivity index is 0.00000169. The van der Waals surface area contributed by atoms with Crippen LogP contribution < -0.4 is 69.3 Å². The van der Waals surface area contributed by atoms with E-state index in [1.165, 1.54) is 0 Å². The number of aliphatic carboxylic acids is 2. The number of carboxylic acid groups (broad SMARTS) is 2. The summed E-state index contributed by atoms with van der Waals surface area (Å²) < 4.78 is 5.45. The Morgan fingerprint density at radius 2 is 1.69 bits per heavy atom. The van der Waals surface area contributed by atoms with Crippen LogP contribution in [-0.2, 0) is 20.7 Å². The van der Waals surface area contributed by atoms with Gasteiger partial charge in [0.25, 0.3) is 0 Å². The fourth-order valence-electron chi connectivity index (χ4n) is 3.43. The maximum atomic E-state index is 11.8. The number of hydrogen-bond acceptors (Lipinski definition) is 5. The second kappa shape index (κ2) is 10.2. The van der Waals surface area contributed by atoms with Gasteiger partial charge in [-0.3, -0.25) is 0 Å². The Morgan fingerprint density at radius 3 is 2.31 bits per heavy atom. The molecule has 26 heavy (non-hydrogen) atoms. The summed E-state index contributed by atoms with van der Waals surface area (Å²) in [6.07, 6.45) is 0.739. The van der Waals surface area contributed by atoms with Crippen molar-refractivity contribution in [1.82, 2.24) is 0 Å². The van der Waals surface area contributed by atoms with Gasteiger partial charge in [0.2, 0.25) is 0 Å². The summed E-state index contributed by atoms with van der Waals surface area (Å²) >= 11 is 0. The average molecular weight is 372 g/mol. The zero-order chi connectivity index (χ0) is 17.2. The van der Waals surface area contributed by atoms with Crippen LogP contribution in [0.5, 0.6) is 0 Å². The summed E-state index contributed by atoms with van der Waals surface area (Å²) in [4.78, 5) is 23.6. The minimum Gasteiger partial charge on any atom is -0.549 e.